The van der Waals surface area contributed by atoms with Crippen molar-refractivity contribution in [2.45, 2.75) is 65.5 Å². The third-order valence-electron chi connectivity index (χ3n) is 5.24. The summed E-state index contributed by atoms with van der Waals surface area (Å²) in [5, 5.41) is 0.512. The molecule has 0 bridgehead atoms. The molecule has 5 heteroatoms. The maximum absolute atomic E-state index is 13.1. The lowest BCUT2D eigenvalue weighted by molar-refractivity contribution is -0.134. The van der Waals surface area contributed by atoms with Crippen molar-refractivity contribution in [2.75, 3.05) is 0 Å². The highest BCUT2D eigenvalue weighted by molar-refractivity contribution is 7.11. The molecule has 0 spiro atoms. The number of hydrogen-bond acceptors (Lipinski definition) is 2. The molecule has 148 valence electrons. The summed E-state index contributed by atoms with van der Waals surface area (Å²) in [6.45, 7) is 12.2. The maximum atomic E-state index is 13.1. The summed E-state index contributed by atoms with van der Waals surface area (Å²) in [5.74, 6) is 0.701. The number of alkyl halides is 3. The fraction of sp³-hybridized carbons (Fsp3) is 0.500. The maximum Gasteiger partial charge on any atom is 0.427 e. The second-order valence-electron chi connectivity index (χ2n) is 6.96. The minimum atomic E-state index is -4.34. The topological polar surface area (TPSA) is 12.9 Å². The number of rotatable bonds is 8. The van der Waals surface area contributed by atoms with Gasteiger partial charge < -0.3 is 0 Å². The van der Waals surface area contributed by atoms with E-state index in [9.17, 15) is 13.2 Å². The lowest BCUT2D eigenvalue weighted by atomic mass is 9.75. The molecule has 0 fully saturated rings. The van der Waals surface area contributed by atoms with E-state index in [1.54, 1.807) is 0 Å². The predicted molar refractivity (Wildman–Crippen MR) is 107 cm³/mol. The molecular weight excluding hydrogens is 367 g/mol. The minimum absolute atomic E-state index is 0.0643. The van der Waals surface area contributed by atoms with Gasteiger partial charge in [-0.2, -0.15) is 13.2 Å². The highest BCUT2D eigenvalue weighted by atomic mass is 32.1. The van der Waals surface area contributed by atoms with Gasteiger partial charge in [0, 0.05) is 12.3 Å². The Labute approximate surface area is 164 Å². The molecule has 2 aromatic rings. The summed E-state index contributed by atoms with van der Waals surface area (Å²) in [6.07, 6.45) is -0.935. The van der Waals surface area contributed by atoms with Crippen LogP contribution in [-0.2, 0) is 12.6 Å². The van der Waals surface area contributed by atoms with Crippen molar-refractivity contribution >= 4 is 11.3 Å². The normalized spacial score (nSPS) is 13.2. The molecule has 27 heavy (non-hydrogen) atoms. The lowest BCUT2D eigenvalue weighted by Gasteiger charge is -2.29. The number of nitrogens with zero attached hydrogens (tertiary/aromatic N) is 1. The Morgan fingerprint density at radius 1 is 1.15 bits per heavy atom. The molecule has 0 aliphatic rings. The highest BCUT2D eigenvalue weighted by Crippen LogP contribution is 2.40. The monoisotopic (exact) mass is 395 g/mol. The van der Waals surface area contributed by atoms with Crippen LogP contribution in [0.3, 0.4) is 0 Å². The molecule has 1 aromatic carbocycles. The summed E-state index contributed by atoms with van der Waals surface area (Å²) in [4.78, 5) is 3.61. The number of thiazole rings is 1. The van der Waals surface area contributed by atoms with Crippen molar-refractivity contribution < 1.29 is 13.2 Å². The lowest BCUT2D eigenvalue weighted by Crippen LogP contribution is -2.15. The van der Waals surface area contributed by atoms with Crippen molar-refractivity contribution in [3.05, 3.63) is 63.1 Å². The Morgan fingerprint density at radius 2 is 1.78 bits per heavy atom. The molecule has 0 saturated carbocycles. The first-order valence-corrected chi connectivity index (χ1v) is 10.3. The molecule has 0 aliphatic carbocycles. The van der Waals surface area contributed by atoms with Crippen LogP contribution in [0.15, 0.2) is 36.4 Å². The van der Waals surface area contributed by atoms with Crippen molar-refractivity contribution in [3.63, 3.8) is 0 Å². The first-order valence-electron chi connectivity index (χ1n) is 9.51. The molecule has 0 amide bonds. The van der Waals surface area contributed by atoms with Gasteiger partial charge in [-0.15, -0.1) is 11.3 Å². The van der Waals surface area contributed by atoms with E-state index in [4.69, 9.17) is 0 Å². The van der Waals surface area contributed by atoms with Crippen molar-refractivity contribution in [1.29, 1.82) is 0 Å². The summed E-state index contributed by atoms with van der Waals surface area (Å²) in [5.41, 5.74) is 3.47. The third-order valence-corrected chi connectivity index (χ3v) is 6.45. The standard InChI is InChI=1S/C22H28F3NS/c1-6-14(4)20(16(7-2)8-3)18-12-10-9-11-17(18)13-19-26-15(5)21(27-19)22(23,24)25/h9-12,16,20H,4,6-8,13H2,1-3,5H3. The zero-order chi connectivity index (χ0) is 20.2. The minimum Gasteiger partial charge on any atom is -0.246 e. The summed E-state index contributed by atoms with van der Waals surface area (Å²) >= 11 is 0.757. The molecule has 2 rings (SSSR count). The highest BCUT2D eigenvalue weighted by Gasteiger charge is 2.36. The van der Waals surface area contributed by atoms with Gasteiger partial charge >= 0.3 is 6.18 Å². The van der Waals surface area contributed by atoms with Crippen LogP contribution in [0, 0.1) is 12.8 Å². The van der Waals surface area contributed by atoms with Crippen LogP contribution >= 0.6 is 11.3 Å². The molecule has 1 unspecified atom stereocenters. The quantitative estimate of drug-likeness (QED) is 0.421. The number of aromatic nitrogens is 1. The Morgan fingerprint density at radius 3 is 2.30 bits per heavy atom. The van der Waals surface area contributed by atoms with Gasteiger partial charge in [-0.25, -0.2) is 4.98 Å². The first-order chi connectivity index (χ1) is 12.7. The van der Waals surface area contributed by atoms with E-state index in [0.29, 0.717) is 17.3 Å². The summed E-state index contributed by atoms with van der Waals surface area (Å²) in [7, 11) is 0. The van der Waals surface area contributed by atoms with Crippen LogP contribution in [0.4, 0.5) is 13.2 Å². The number of hydrogen-bond donors (Lipinski definition) is 0. The third kappa shape index (κ3) is 5.01. The van der Waals surface area contributed by atoms with Crippen LogP contribution in [-0.4, -0.2) is 4.98 Å². The number of benzene rings is 1. The Bertz CT molecular complexity index is 772. The van der Waals surface area contributed by atoms with Gasteiger partial charge in [0.2, 0.25) is 0 Å². The van der Waals surface area contributed by atoms with E-state index >= 15 is 0 Å². The molecule has 1 atom stereocenters. The molecule has 1 nitrogen and oxygen atoms in total. The largest absolute Gasteiger partial charge is 0.427 e. The van der Waals surface area contributed by atoms with Gasteiger partial charge in [0.15, 0.2) is 0 Å². The van der Waals surface area contributed by atoms with Gasteiger partial charge in [-0.1, -0.05) is 70.0 Å². The second kappa shape index (κ2) is 9.05. The van der Waals surface area contributed by atoms with Crippen LogP contribution in [0.2, 0.25) is 0 Å². The van der Waals surface area contributed by atoms with Crippen molar-refractivity contribution in [1.82, 2.24) is 4.98 Å². The van der Waals surface area contributed by atoms with Gasteiger partial charge in [0.25, 0.3) is 0 Å². The van der Waals surface area contributed by atoms with Crippen molar-refractivity contribution in [2.24, 2.45) is 5.92 Å². The Balaban J connectivity index is 2.44. The van der Waals surface area contributed by atoms with Crippen LogP contribution in [0.25, 0.3) is 0 Å². The van der Waals surface area contributed by atoms with Crippen molar-refractivity contribution in [3.8, 4) is 0 Å². The predicted octanol–water partition coefficient (Wildman–Crippen LogP) is 7.55. The number of allylic oxidation sites excluding steroid dienone is 1. The van der Waals surface area contributed by atoms with E-state index in [-0.39, 0.29) is 11.6 Å². The van der Waals surface area contributed by atoms with E-state index in [2.05, 4.69) is 38.4 Å². The number of aryl methyl sites for hydroxylation is 1. The van der Waals surface area contributed by atoms with Crippen LogP contribution < -0.4 is 0 Å². The smallest absolute Gasteiger partial charge is 0.246 e. The molecule has 1 heterocycles. The van der Waals surface area contributed by atoms with E-state index in [0.717, 1.165) is 36.2 Å². The van der Waals surface area contributed by atoms with Gasteiger partial charge in [0.05, 0.1) is 10.7 Å². The van der Waals surface area contributed by atoms with E-state index in [1.165, 1.54) is 18.1 Å². The number of halogens is 3. The Kier molecular flexibility index (Phi) is 7.26. The average molecular weight is 396 g/mol. The average Bonchev–Trinajstić information content (AvgIpc) is 3.00. The SMILES string of the molecule is C=C(CC)C(c1ccccc1Cc1nc(C)c(C(F)(F)F)s1)C(CC)CC. The van der Waals surface area contributed by atoms with E-state index < -0.39 is 11.1 Å². The van der Waals surface area contributed by atoms with Crippen LogP contribution in [0.5, 0.6) is 0 Å². The molecule has 0 N–H and O–H groups in total. The molecular formula is C22H28F3NS. The van der Waals surface area contributed by atoms with Gasteiger partial charge in [-0.05, 0) is 30.4 Å². The van der Waals surface area contributed by atoms with Crippen LogP contribution in [0.1, 0.15) is 72.7 Å². The molecule has 0 radical (unpaired) electrons. The first kappa shape index (κ1) is 21.7. The zero-order valence-corrected chi connectivity index (χ0v) is 17.3. The fourth-order valence-corrected chi connectivity index (χ4v) is 4.69. The zero-order valence-electron chi connectivity index (χ0n) is 16.5. The fourth-order valence-electron chi connectivity index (χ4n) is 3.74. The van der Waals surface area contributed by atoms with Gasteiger partial charge in [-0.3, -0.25) is 0 Å². The molecule has 1 aromatic heterocycles. The summed E-state index contributed by atoms with van der Waals surface area (Å²) in [6, 6.07) is 8.07. The Hall–Kier alpha value is -1.62. The second-order valence-corrected chi connectivity index (χ2v) is 8.05. The molecule has 0 aliphatic heterocycles. The van der Waals surface area contributed by atoms with E-state index in [1.807, 2.05) is 18.2 Å². The van der Waals surface area contributed by atoms with Gasteiger partial charge in [0.1, 0.15) is 4.88 Å². The summed E-state index contributed by atoms with van der Waals surface area (Å²) < 4.78 is 39.3. The molecule has 0 saturated heterocycles.